The Kier molecular flexibility index (Phi) is 3.27. The van der Waals surface area contributed by atoms with Crippen molar-refractivity contribution in [3.8, 4) is 5.75 Å². The molecule has 0 saturated heterocycles. The summed E-state index contributed by atoms with van der Waals surface area (Å²) in [6.45, 7) is 2.09. The van der Waals surface area contributed by atoms with Crippen molar-refractivity contribution in [1.82, 2.24) is 0 Å². The Morgan fingerprint density at radius 1 is 1.25 bits per heavy atom. The molecule has 0 amide bonds. The Hall–Kier alpha value is -1.32. The smallest absolute Gasteiger partial charge is 0.119 e. The largest absolute Gasteiger partial charge is 0.497 e. The number of methoxy groups -OCH3 is 1. The second kappa shape index (κ2) is 4.68. The summed E-state index contributed by atoms with van der Waals surface area (Å²) in [6, 6.07) is 9.97. The van der Waals surface area contributed by atoms with Crippen molar-refractivity contribution in [2.75, 3.05) is 7.11 Å². The third kappa shape index (κ3) is 2.26. The van der Waals surface area contributed by atoms with Crippen molar-refractivity contribution in [2.24, 2.45) is 5.73 Å². The molecule has 0 radical (unpaired) electrons. The van der Waals surface area contributed by atoms with E-state index in [1.165, 1.54) is 4.88 Å². The highest BCUT2D eigenvalue weighted by Crippen LogP contribution is 2.26. The summed E-state index contributed by atoms with van der Waals surface area (Å²) in [5.74, 6) is 0.847. The van der Waals surface area contributed by atoms with Gasteiger partial charge in [-0.3, -0.25) is 0 Å². The summed E-state index contributed by atoms with van der Waals surface area (Å²) in [5, 5.41) is 2.11. The monoisotopic (exact) mass is 233 g/mol. The maximum absolute atomic E-state index is 6.20. The molecule has 0 spiro atoms. The van der Waals surface area contributed by atoms with Crippen LogP contribution in [0.4, 0.5) is 0 Å². The Labute approximate surface area is 99.7 Å². The van der Waals surface area contributed by atoms with E-state index in [2.05, 4.69) is 18.4 Å². The predicted octanol–water partition coefficient (Wildman–Crippen LogP) is 3.11. The van der Waals surface area contributed by atoms with E-state index < -0.39 is 0 Å². The van der Waals surface area contributed by atoms with Gasteiger partial charge in [0.05, 0.1) is 13.2 Å². The molecule has 2 nitrogen and oxygen atoms in total. The summed E-state index contributed by atoms with van der Waals surface area (Å²) in [4.78, 5) is 1.29. The van der Waals surface area contributed by atoms with Gasteiger partial charge in [0.1, 0.15) is 5.75 Å². The van der Waals surface area contributed by atoms with Gasteiger partial charge in [-0.05, 0) is 41.6 Å². The molecule has 1 heterocycles. The molecule has 2 rings (SSSR count). The van der Waals surface area contributed by atoms with E-state index in [-0.39, 0.29) is 6.04 Å². The second-order valence-corrected chi connectivity index (χ2v) is 4.86. The van der Waals surface area contributed by atoms with E-state index in [9.17, 15) is 0 Å². The molecule has 0 aliphatic rings. The molecule has 0 fully saturated rings. The zero-order valence-electron chi connectivity index (χ0n) is 9.44. The molecular formula is C13H15NOS. The number of hydrogen-bond acceptors (Lipinski definition) is 3. The second-order valence-electron chi connectivity index (χ2n) is 3.74. The fraction of sp³-hybridized carbons (Fsp3) is 0.231. The Bertz CT molecular complexity index is 478. The first-order valence-corrected chi connectivity index (χ1v) is 6.03. The van der Waals surface area contributed by atoms with Crippen LogP contribution < -0.4 is 10.5 Å². The minimum atomic E-state index is -0.0694. The zero-order chi connectivity index (χ0) is 11.5. The third-order valence-corrected chi connectivity index (χ3v) is 3.44. The highest BCUT2D eigenvalue weighted by Gasteiger charge is 2.10. The molecule has 1 aromatic heterocycles. The average Bonchev–Trinajstić information content (AvgIpc) is 2.75. The maximum atomic E-state index is 6.20. The fourth-order valence-electron chi connectivity index (χ4n) is 1.65. The van der Waals surface area contributed by atoms with Gasteiger partial charge >= 0.3 is 0 Å². The van der Waals surface area contributed by atoms with E-state index in [4.69, 9.17) is 10.5 Å². The number of thiophene rings is 1. The van der Waals surface area contributed by atoms with E-state index in [0.29, 0.717) is 0 Å². The summed E-state index contributed by atoms with van der Waals surface area (Å²) in [6.07, 6.45) is 0. The quantitative estimate of drug-likeness (QED) is 0.884. The summed E-state index contributed by atoms with van der Waals surface area (Å²) < 4.78 is 5.19. The molecule has 0 saturated carbocycles. The van der Waals surface area contributed by atoms with Crippen LogP contribution in [0.1, 0.15) is 22.0 Å². The van der Waals surface area contributed by atoms with Crippen LogP contribution in [0.5, 0.6) is 5.75 Å². The Morgan fingerprint density at radius 3 is 2.69 bits per heavy atom. The van der Waals surface area contributed by atoms with Gasteiger partial charge in [0.25, 0.3) is 0 Å². The van der Waals surface area contributed by atoms with Crippen molar-refractivity contribution >= 4 is 11.3 Å². The van der Waals surface area contributed by atoms with Crippen LogP contribution in [-0.2, 0) is 0 Å². The van der Waals surface area contributed by atoms with Gasteiger partial charge in [0, 0.05) is 4.88 Å². The zero-order valence-corrected chi connectivity index (χ0v) is 10.3. The summed E-state index contributed by atoms with van der Waals surface area (Å²) >= 11 is 1.73. The Morgan fingerprint density at radius 2 is 2.06 bits per heavy atom. The number of aryl methyl sites for hydroxylation is 1. The van der Waals surface area contributed by atoms with Crippen molar-refractivity contribution in [2.45, 2.75) is 13.0 Å². The van der Waals surface area contributed by atoms with Gasteiger partial charge in [0.15, 0.2) is 0 Å². The third-order valence-electron chi connectivity index (χ3n) is 2.56. The SMILES string of the molecule is COc1cccc(C(N)c2csc(C)c2)c1. The van der Waals surface area contributed by atoms with Crippen LogP contribution >= 0.6 is 11.3 Å². The van der Waals surface area contributed by atoms with Crippen molar-refractivity contribution in [3.05, 3.63) is 51.7 Å². The number of ether oxygens (including phenoxy) is 1. The van der Waals surface area contributed by atoms with Gasteiger partial charge in [-0.1, -0.05) is 12.1 Å². The van der Waals surface area contributed by atoms with Crippen LogP contribution in [0.15, 0.2) is 35.7 Å². The molecule has 1 aromatic carbocycles. The first-order valence-electron chi connectivity index (χ1n) is 5.15. The summed E-state index contributed by atoms with van der Waals surface area (Å²) in [7, 11) is 1.67. The minimum absolute atomic E-state index is 0.0694. The van der Waals surface area contributed by atoms with Crippen molar-refractivity contribution in [1.29, 1.82) is 0 Å². The first kappa shape index (κ1) is 11.2. The number of benzene rings is 1. The minimum Gasteiger partial charge on any atom is -0.497 e. The standard InChI is InChI=1S/C13H15NOS/c1-9-6-11(8-16-9)13(14)10-4-3-5-12(7-10)15-2/h3-8,13H,14H2,1-2H3. The molecule has 84 valence electrons. The summed E-state index contributed by atoms with van der Waals surface area (Å²) in [5.41, 5.74) is 8.45. The van der Waals surface area contributed by atoms with Gasteiger partial charge in [0.2, 0.25) is 0 Å². The normalized spacial score (nSPS) is 12.4. The van der Waals surface area contributed by atoms with Gasteiger partial charge in [-0.25, -0.2) is 0 Å². The van der Waals surface area contributed by atoms with Crippen molar-refractivity contribution in [3.63, 3.8) is 0 Å². The van der Waals surface area contributed by atoms with Crippen molar-refractivity contribution < 1.29 is 4.74 Å². The average molecular weight is 233 g/mol. The van der Waals surface area contributed by atoms with Gasteiger partial charge < -0.3 is 10.5 Å². The molecule has 2 aromatic rings. The molecule has 0 aliphatic heterocycles. The van der Waals surface area contributed by atoms with Crippen LogP contribution in [-0.4, -0.2) is 7.11 Å². The lowest BCUT2D eigenvalue weighted by molar-refractivity contribution is 0.414. The first-order chi connectivity index (χ1) is 7.70. The van der Waals surface area contributed by atoms with Crippen LogP contribution in [0, 0.1) is 6.92 Å². The number of rotatable bonds is 3. The fourth-order valence-corrected chi connectivity index (χ4v) is 2.39. The maximum Gasteiger partial charge on any atom is 0.119 e. The number of nitrogens with two attached hydrogens (primary N) is 1. The van der Waals surface area contributed by atoms with Crippen LogP contribution in [0.2, 0.25) is 0 Å². The Balaban J connectivity index is 2.29. The lowest BCUT2D eigenvalue weighted by Gasteiger charge is -2.11. The van der Waals surface area contributed by atoms with E-state index >= 15 is 0 Å². The molecule has 1 atom stereocenters. The van der Waals surface area contributed by atoms with E-state index in [0.717, 1.165) is 16.9 Å². The topological polar surface area (TPSA) is 35.2 Å². The van der Waals surface area contributed by atoms with E-state index in [1.54, 1.807) is 18.4 Å². The lowest BCUT2D eigenvalue weighted by atomic mass is 10.0. The van der Waals surface area contributed by atoms with Gasteiger partial charge in [-0.2, -0.15) is 0 Å². The molecule has 2 N–H and O–H groups in total. The molecule has 3 heteroatoms. The number of hydrogen-bond donors (Lipinski definition) is 1. The van der Waals surface area contributed by atoms with Gasteiger partial charge in [-0.15, -0.1) is 11.3 Å². The van der Waals surface area contributed by atoms with Crippen LogP contribution in [0.3, 0.4) is 0 Å². The highest BCUT2D eigenvalue weighted by molar-refractivity contribution is 7.10. The van der Waals surface area contributed by atoms with E-state index in [1.807, 2.05) is 24.3 Å². The highest BCUT2D eigenvalue weighted by atomic mass is 32.1. The molecule has 1 unspecified atom stereocenters. The lowest BCUT2D eigenvalue weighted by Crippen LogP contribution is -2.10. The molecule has 16 heavy (non-hydrogen) atoms. The molecule has 0 bridgehead atoms. The molecular weight excluding hydrogens is 218 g/mol. The van der Waals surface area contributed by atoms with Crippen LogP contribution in [0.25, 0.3) is 0 Å². The molecule has 0 aliphatic carbocycles. The predicted molar refractivity (Wildman–Crippen MR) is 68.1 cm³/mol.